The molecule has 0 aromatic heterocycles. The van der Waals surface area contributed by atoms with Crippen molar-refractivity contribution < 1.29 is 5.11 Å². The molecule has 0 radical (unpaired) electrons. The highest BCUT2D eigenvalue weighted by Gasteiger charge is 2.22. The zero-order chi connectivity index (χ0) is 15.2. The fraction of sp³-hybridized carbons (Fsp3) is 0.333. The first-order valence-electron chi connectivity index (χ1n) is 7.35. The first-order valence-corrected chi connectivity index (χ1v) is 7.35. The predicted molar refractivity (Wildman–Crippen MR) is 87.0 cm³/mol. The largest absolute Gasteiger partial charge is 0.390 e. The molecular weight excluding hydrogens is 260 g/mol. The lowest BCUT2D eigenvalue weighted by Gasteiger charge is -2.25. The summed E-state index contributed by atoms with van der Waals surface area (Å²) in [5.74, 6) is 0. The number of hydrogen-bond donors (Lipinski definition) is 3. The van der Waals surface area contributed by atoms with Gasteiger partial charge in [-0.15, -0.1) is 0 Å². The van der Waals surface area contributed by atoms with Gasteiger partial charge in [-0.05, 0) is 30.9 Å². The van der Waals surface area contributed by atoms with Crippen LogP contribution >= 0.6 is 0 Å². The van der Waals surface area contributed by atoms with Gasteiger partial charge in [-0.2, -0.15) is 0 Å². The molecule has 0 heterocycles. The Hall–Kier alpha value is -1.68. The Morgan fingerprint density at radius 2 is 1.43 bits per heavy atom. The molecular formula is C18H24N2O. The van der Waals surface area contributed by atoms with Crippen LogP contribution in [0.15, 0.2) is 54.6 Å². The van der Waals surface area contributed by atoms with E-state index < -0.39 is 6.10 Å². The fourth-order valence-electron chi connectivity index (χ4n) is 2.56. The second-order valence-electron chi connectivity index (χ2n) is 5.70. The fourth-order valence-corrected chi connectivity index (χ4v) is 2.56. The molecule has 112 valence electrons. The number of aryl methyl sites for hydroxylation is 1. The second kappa shape index (κ2) is 7.36. The molecule has 0 aliphatic heterocycles. The van der Waals surface area contributed by atoms with Gasteiger partial charge in [0.25, 0.3) is 0 Å². The van der Waals surface area contributed by atoms with Crippen LogP contribution in [0.3, 0.4) is 0 Å². The van der Waals surface area contributed by atoms with Crippen molar-refractivity contribution in [2.24, 2.45) is 11.5 Å². The Bertz CT molecular complexity index is 556. The van der Waals surface area contributed by atoms with Gasteiger partial charge in [-0.3, -0.25) is 0 Å². The number of nitrogens with two attached hydrogens (primary N) is 2. The van der Waals surface area contributed by atoms with E-state index in [2.05, 4.69) is 6.07 Å². The van der Waals surface area contributed by atoms with Crippen molar-refractivity contribution in [3.63, 3.8) is 0 Å². The summed E-state index contributed by atoms with van der Waals surface area (Å²) in [7, 11) is 0. The topological polar surface area (TPSA) is 72.3 Å². The number of benzene rings is 2. The normalized spacial score (nSPS) is 15.4. The second-order valence-corrected chi connectivity index (χ2v) is 5.70. The molecule has 0 aliphatic rings. The van der Waals surface area contributed by atoms with Crippen LogP contribution in [0, 0.1) is 6.92 Å². The Balaban J connectivity index is 1.93. The highest BCUT2D eigenvalue weighted by Crippen LogP contribution is 2.11. The Kier molecular flexibility index (Phi) is 5.51. The molecule has 3 atom stereocenters. The monoisotopic (exact) mass is 284 g/mol. The lowest BCUT2D eigenvalue weighted by atomic mass is 9.93. The van der Waals surface area contributed by atoms with E-state index in [1.807, 2.05) is 55.5 Å². The molecule has 0 aliphatic carbocycles. The molecule has 0 saturated heterocycles. The summed E-state index contributed by atoms with van der Waals surface area (Å²) in [4.78, 5) is 0. The van der Waals surface area contributed by atoms with Gasteiger partial charge in [0.1, 0.15) is 0 Å². The van der Waals surface area contributed by atoms with Crippen molar-refractivity contribution in [1.82, 2.24) is 0 Å². The van der Waals surface area contributed by atoms with Crippen molar-refractivity contribution in [2.75, 3.05) is 0 Å². The van der Waals surface area contributed by atoms with Crippen molar-refractivity contribution in [1.29, 1.82) is 0 Å². The maximum Gasteiger partial charge on any atom is 0.0848 e. The van der Waals surface area contributed by atoms with Crippen molar-refractivity contribution in [3.05, 3.63) is 71.3 Å². The molecule has 3 heteroatoms. The van der Waals surface area contributed by atoms with Crippen molar-refractivity contribution in [3.8, 4) is 0 Å². The molecule has 0 fully saturated rings. The predicted octanol–water partition coefficient (Wildman–Crippen LogP) is 1.80. The van der Waals surface area contributed by atoms with E-state index in [4.69, 9.17) is 11.5 Å². The third kappa shape index (κ3) is 4.67. The Morgan fingerprint density at radius 1 is 0.857 bits per heavy atom. The highest BCUT2D eigenvalue weighted by molar-refractivity contribution is 5.23. The van der Waals surface area contributed by atoms with Crippen LogP contribution in [0.25, 0.3) is 0 Å². The Morgan fingerprint density at radius 3 is 2.05 bits per heavy atom. The van der Waals surface area contributed by atoms with E-state index in [0.29, 0.717) is 12.8 Å². The van der Waals surface area contributed by atoms with Crippen LogP contribution < -0.4 is 11.5 Å². The van der Waals surface area contributed by atoms with Crippen LogP contribution in [-0.2, 0) is 12.8 Å². The average Bonchev–Trinajstić information content (AvgIpc) is 2.47. The third-order valence-corrected chi connectivity index (χ3v) is 3.75. The standard InChI is InChI=1S/C18H24N2O/c1-13-6-5-9-15(10-13)12-17(20)18(21)16(19)11-14-7-3-2-4-8-14/h2-10,16-18,21H,11-12,19-20H2,1H3. The lowest BCUT2D eigenvalue weighted by Crippen LogP contribution is -2.49. The van der Waals surface area contributed by atoms with Gasteiger partial charge in [0.2, 0.25) is 0 Å². The van der Waals surface area contributed by atoms with E-state index in [-0.39, 0.29) is 12.1 Å². The molecule has 2 aromatic rings. The zero-order valence-corrected chi connectivity index (χ0v) is 12.4. The summed E-state index contributed by atoms with van der Waals surface area (Å²) in [6, 6.07) is 17.4. The third-order valence-electron chi connectivity index (χ3n) is 3.75. The number of aliphatic hydroxyl groups excluding tert-OH is 1. The number of aliphatic hydroxyl groups is 1. The van der Waals surface area contributed by atoms with Crippen molar-refractivity contribution in [2.45, 2.75) is 38.0 Å². The molecule has 21 heavy (non-hydrogen) atoms. The van der Waals surface area contributed by atoms with Gasteiger partial charge in [-0.25, -0.2) is 0 Å². The van der Waals surface area contributed by atoms with Crippen LogP contribution in [0.2, 0.25) is 0 Å². The highest BCUT2D eigenvalue weighted by atomic mass is 16.3. The van der Waals surface area contributed by atoms with Gasteiger partial charge in [0.15, 0.2) is 0 Å². The summed E-state index contributed by atoms with van der Waals surface area (Å²) in [5, 5.41) is 10.3. The first-order chi connectivity index (χ1) is 10.1. The maximum absolute atomic E-state index is 10.3. The minimum absolute atomic E-state index is 0.354. The first kappa shape index (κ1) is 15.7. The summed E-state index contributed by atoms with van der Waals surface area (Å²) in [6.45, 7) is 2.05. The molecule has 0 spiro atoms. The molecule has 0 amide bonds. The molecule has 3 unspecified atom stereocenters. The van der Waals surface area contributed by atoms with E-state index in [9.17, 15) is 5.11 Å². The Labute approximate surface area is 126 Å². The van der Waals surface area contributed by atoms with E-state index >= 15 is 0 Å². The average molecular weight is 284 g/mol. The maximum atomic E-state index is 10.3. The van der Waals surface area contributed by atoms with Crippen LogP contribution in [-0.4, -0.2) is 23.3 Å². The minimum atomic E-state index is -0.717. The quantitative estimate of drug-likeness (QED) is 0.757. The molecule has 3 nitrogen and oxygen atoms in total. The van der Waals surface area contributed by atoms with Crippen molar-refractivity contribution >= 4 is 0 Å². The summed E-state index contributed by atoms with van der Waals surface area (Å²) < 4.78 is 0. The van der Waals surface area contributed by atoms with E-state index in [0.717, 1.165) is 11.1 Å². The SMILES string of the molecule is Cc1cccc(CC(N)C(O)C(N)Cc2ccccc2)c1. The molecule has 2 rings (SSSR count). The van der Waals surface area contributed by atoms with E-state index in [1.165, 1.54) is 5.56 Å². The minimum Gasteiger partial charge on any atom is -0.390 e. The zero-order valence-electron chi connectivity index (χ0n) is 12.4. The van der Waals surface area contributed by atoms with Gasteiger partial charge < -0.3 is 16.6 Å². The smallest absolute Gasteiger partial charge is 0.0848 e. The van der Waals surface area contributed by atoms with Crippen LogP contribution in [0.5, 0.6) is 0 Å². The number of rotatable bonds is 6. The molecule has 5 N–H and O–H groups in total. The van der Waals surface area contributed by atoms with Gasteiger partial charge in [0, 0.05) is 12.1 Å². The summed E-state index contributed by atoms with van der Waals surface area (Å²) in [6.07, 6.45) is 0.542. The van der Waals surface area contributed by atoms with Gasteiger partial charge in [-0.1, -0.05) is 60.2 Å². The van der Waals surface area contributed by atoms with Gasteiger partial charge in [0.05, 0.1) is 6.10 Å². The van der Waals surface area contributed by atoms with Crippen LogP contribution in [0.4, 0.5) is 0 Å². The molecule has 2 aromatic carbocycles. The summed E-state index contributed by atoms with van der Waals surface area (Å²) >= 11 is 0. The molecule has 0 saturated carbocycles. The lowest BCUT2D eigenvalue weighted by molar-refractivity contribution is 0.116. The summed E-state index contributed by atoms with van der Waals surface area (Å²) in [5.41, 5.74) is 15.7. The molecule has 0 bridgehead atoms. The number of hydrogen-bond acceptors (Lipinski definition) is 3. The van der Waals surface area contributed by atoms with E-state index in [1.54, 1.807) is 0 Å². The van der Waals surface area contributed by atoms with Gasteiger partial charge >= 0.3 is 0 Å². The van der Waals surface area contributed by atoms with Crippen LogP contribution in [0.1, 0.15) is 16.7 Å².